The first-order valence-corrected chi connectivity index (χ1v) is 9.55. The molecule has 1 aromatic rings. The number of hydrogen-bond donors (Lipinski definition) is 1. The molecule has 0 amide bonds. The first-order valence-electron chi connectivity index (χ1n) is 9.55. The molecule has 4 heteroatoms. The normalized spacial score (nSPS) is 14.0. The quantitative estimate of drug-likeness (QED) is 0.517. The second kappa shape index (κ2) is 11.9. The van der Waals surface area contributed by atoms with E-state index in [1.165, 1.54) is 43.4 Å². The first kappa shape index (κ1) is 22.5. The molecule has 0 saturated heterocycles. The molecule has 26 heavy (non-hydrogen) atoms. The third-order valence-electron chi connectivity index (χ3n) is 4.12. The fraction of sp³-hybridized carbons (Fsp3) is 0.545. The summed E-state index contributed by atoms with van der Waals surface area (Å²) in [6.07, 6.45) is 8.73. The van der Waals surface area contributed by atoms with Crippen LogP contribution in [0.1, 0.15) is 64.0 Å². The summed E-state index contributed by atoms with van der Waals surface area (Å²) in [7, 11) is 0. The van der Waals surface area contributed by atoms with Gasteiger partial charge in [0, 0.05) is 6.54 Å². The van der Waals surface area contributed by atoms with Crippen molar-refractivity contribution in [1.82, 2.24) is 5.32 Å². The molecule has 1 nitrogen and oxygen atoms in total. The van der Waals surface area contributed by atoms with Crippen LogP contribution < -0.4 is 5.32 Å². The Kier molecular flexibility index (Phi) is 10.3. The predicted molar refractivity (Wildman–Crippen MR) is 104 cm³/mol. The van der Waals surface area contributed by atoms with Crippen LogP contribution in [0.4, 0.5) is 13.2 Å². The third kappa shape index (κ3) is 9.81. The van der Waals surface area contributed by atoms with E-state index in [1.54, 1.807) is 0 Å². The van der Waals surface area contributed by atoms with E-state index in [9.17, 15) is 13.2 Å². The summed E-state index contributed by atoms with van der Waals surface area (Å²) >= 11 is 0. The lowest BCUT2D eigenvalue weighted by atomic mass is 10.0. The van der Waals surface area contributed by atoms with E-state index in [-0.39, 0.29) is 0 Å². The predicted octanol–water partition coefficient (Wildman–Crippen LogP) is 6.90. The standard InChI is InChI=1S/C13H18F3N.C9H14/c1-10(2)7-8-17-9-11-3-5-12(6-4-11)13(14,15)16;1-2-6-9-7-4-3-5-8-9/h3-6,10,17H,7-9H2,1-2H3;4,7-8H,2-3,5-6H2,1H3. The molecule has 0 radical (unpaired) electrons. The molecule has 1 aliphatic rings. The maximum absolute atomic E-state index is 12.3. The molecule has 0 unspecified atom stereocenters. The summed E-state index contributed by atoms with van der Waals surface area (Å²) in [4.78, 5) is 0. The van der Waals surface area contributed by atoms with Crippen molar-refractivity contribution in [2.24, 2.45) is 5.92 Å². The number of allylic oxidation sites excluding steroid dienone is 4. The maximum Gasteiger partial charge on any atom is 0.416 e. The van der Waals surface area contributed by atoms with Crippen molar-refractivity contribution in [3.05, 3.63) is 59.2 Å². The van der Waals surface area contributed by atoms with Crippen LogP contribution in [0.5, 0.6) is 0 Å². The van der Waals surface area contributed by atoms with Crippen LogP contribution in [0.25, 0.3) is 0 Å². The molecule has 0 atom stereocenters. The summed E-state index contributed by atoms with van der Waals surface area (Å²) in [5.74, 6) is 0.634. The smallest absolute Gasteiger partial charge is 0.313 e. The Morgan fingerprint density at radius 2 is 1.77 bits per heavy atom. The molecule has 146 valence electrons. The average molecular weight is 367 g/mol. The molecule has 0 fully saturated rings. The second-order valence-corrected chi connectivity index (χ2v) is 7.06. The van der Waals surface area contributed by atoms with Crippen LogP contribution in [0.3, 0.4) is 0 Å². The van der Waals surface area contributed by atoms with Gasteiger partial charge in [-0.05, 0) is 55.8 Å². The molecular formula is C22H32F3N. The topological polar surface area (TPSA) is 12.0 Å². The van der Waals surface area contributed by atoms with E-state index in [0.29, 0.717) is 12.5 Å². The molecule has 0 bridgehead atoms. The van der Waals surface area contributed by atoms with Crippen LogP contribution in [-0.4, -0.2) is 6.54 Å². The number of alkyl halides is 3. The van der Waals surface area contributed by atoms with Crippen LogP contribution in [0, 0.1) is 5.92 Å². The van der Waals surface area contributed by atoms with Gasteiger partial charge in [-0.2, -0.15) is 13.2 Å². The van der Waals surface area contributed by atoms with Gasteiger partial charge in [0.25, 0.3) is 0 Å². The molecule has 0 spiro atoms. The Labute approximate surface area is 156 Å². The number of hydrogen-bond acceptors (Lipinski definition) is 1. The minimum Gasteiger partial charge on any atom is -0.313 e. The van der Waals surface area contributed by atoms with Gasteiger partial charge in [0.1, 0.15) is 0 Å². The SMILES string of the molecule is CC(C)CCNCc1ccc(C(F)(F)F)cc1.CCCC1=CCCC=C1. The van der Waals surface area contributed by atoms with Crippen molar-refractivity contribution in [3.8, 4) is 0 Å². The average Bonchev–Trinajstić information content (AvgIpc) is 2.60. The Bertz CT molecular complexity index is 554. The summed E-state index contributed by atoms with van der Waals surface area (Å²) in [6, 6.07) is 5.29. The lowest BCUT2D eigenvalue weighted by Gasteiger charge is -2.09. The molecule has 1 N–H and O–H groups in total. The van der Waals surface area contributed by atoms with E-state index in [2.05, 4.69) is 44.3 Å². The third-order valence-corrected chi connectivity index (χ3v) is 4.12. The Hall–Kier alpha value is -1.55. The van der Waals surface area contributed by atoms with Gasteiger partial charge in [0.15, 0.2) is 0 Å². The fourth-order valence-corrected chi connectivity index (χ4v) is 2.58. The molecule has 0 aliphatic heterocycles. The van der Waals surface area contributed by atoms with Crippen molar-refractivity contribution in [1.29, 1.82) is 0 Å². The van der Waals surface area contributed by atoms with Crippen molar-refractivity contribution in [2.45, 2.75) is 65.6 Å². The van der Waals surface area contributed by atoms with E-state index in [0.717, 1.165) is 30.7 Å². The van der Waals surface area contributed by atoms with Crippen molar-refractivity contribution in [2.75, 3.05) is 6.54 Å². The van der Waals surface area contributed by atoms with E-state index in [4.69, 9.17) is 0 Å². The fourth-order valence-electron chi connectivity index (χ4n) is 2.58. The van der Waals surface area contributed by atoms with Gasteiger partial charge in [-0.25, -0.2) is 0 Å². The van der Waals surface area contributed by atoms with Crippen LogP contribution in [0.2, 0.25) is 0 Å². The van der Waals surface area contributed by atoms with Crippen LogP contribution in [0.15, 0.2) is 48.1 Å². The highest BCUT2D eigenvalue weighted by atomic mass is 19.4. The Morgan fingerprint density at radius 1 is 1.08 bits per heavy atom. The minimum absolute atomic E-state index is 0.594. The highest BCUT2D eigenvalue weighted by Crippen LogP contribution is 2.29. The van der Waals surface area contributed by atoms with Gasteiger partial charge < -0.3 is 5.32 Å². The molecule has 1 aliphatic carbocycles. The zero-order valence-electron chi connectivity index (χ0n) is 16.2. The largest absolute Gasteiger partial charge is 0.416 e. The van der Waals surface area contributed by atoms with E-state index >= 15 is 0 Å². The molecule has 1 aromatic carbocycles. The highest BCUT2D eigenvalue weighted by Gasteiger charge is 2.29. The van der Waals surface area contributed by atoms with E-state index < -0.39 is 11.7 Å². The van der Waals surface area contributed by atoms with Gasteiger partial charge in [0.2, 0.25) is 0 Å². The highest BCUT2D eigenvalue weighted by molar-refractivity contribution is 5.24. The monoisotopic (exact) mass is 367 g/mol. The molecule has 0 aromatic heterocycles. The van der Waals surface area contributed by atoms with Gasteiger partial charge in [-0.1, -0.05) is 63.1 Å². The Morgan fingerprint density at radius 3 is 2.27 bits per heavy atom. The van der Waals surface area contributed by atoms with Crippen molar-refractivity contribution < 1.29 is 13.2 Å². The second-order valence-electron chi connectivity index (χ2n) is 7.06. The zero-order valence-corrected chi connectivity index (χ0v) is 16.2. The Balaban J connectivity index is 0.000000314. The van der Waals surface area contributed by atoms with Gasteiger partial charge >= 0.3 is 6.18 Å². The number of rotatable bonds is 7. The zero-order chi connectivity index (χ0) is 19.4. The molecular weight excluding hydrogens is 335 g/mol. The van der Waals surface area contributed by atoms with Crippen LogP contribution in [-0.2, 0) is 12.7 Å². The van der Waals surface area contributed by atoms with E-state index in [1.807, 2.05) is 0 Å². The number of halogens is 3. The lowest BCUT2D eigenvalue weighted by Crippen LogP contribution is -2.16. The van der Waals surface area contributed by atoms with Gasteiger partial charge in [-0.15, -0.1) is 0 Å². The first-order chi connectivity index (χ1) is 12.3. The summed E-state index contributed by atoms with van der Waals surface area (Å²) < 4.78 is 36.9. The summed E-state index contributed by atoms with van der Waals surface area (Å²) in [5.41, 5.74) is 1.81. The maximum atomic E-state index is 12.3. The summed E-state index contributed by atoms with van der Waals surface area (Å²) in [6.45, 7) is 8.01. The molecule has 0 heterocycles. The minimum atomic E-state index is -4.25. The van der Waals surface area contributed by atoms with Gasteiger partial charge in [-0.3, -0.25) is 0 Å². The van der Waals surface area contributed by atoms with Crippen molar-refractivity contribution in [3.63, 3.8) is 0 Å². The van der Waals surface area contributed by atoms with Gasteiger partial charge in [0.05, 0.1) is 5.56 Å². The number of benzene rings is 1. The summed E-state index contributed by atoms with van der Waals surface area (Å²) in [5, 5.41) is 3.21. The molecule has 0 saturated carbocycles. The van der Waals surface area contributed by atoms with Crippen LogP contribution >= 0.6 is 0 Å². The lowest BCUT2D eigenvalue weighted by molar-refractivity contribution is -0.137. The number of nitrogens with one attached hydrogen (secondary N) is 1. The molecule has 2 rings (SSSR count). The van der Waals surface area contributed by atoms with Crippen molar-refractivity contribution >= 4 is 0 Å².